The zero-order chi connectivity index (χ0) is 38.3. The molecule has 0 saturated heterocycles. The number of amides is 1. The molecule has 1 amide bonds. The summed E-state index contributed by atoms with van der Waals surface area (Å²) in [6.45, 7) is 6.69. The molecule has 7 aromatic rings. The first-order chi connectivity index (χ1) is 26.9. The average molecular weight is 788 g/mol. The molecule has 2 heterocycles. The maximum absolute atomic E-state index is 13.9. The van der Waals surface area contributed by atoms with Gasteiger partial charge in [0.1, 0.15) is 18.1 Å². The van der Waals surface area contributed by atoms with Gasteiger partial charge in [0.15, 0.2) is 12.4 Å². The zero-order valence-electron chi connectivity index (χ0n) is 32.2. The number of hydrogen-bond acceptors (Lipinski definition) is 4. The monoisotopic (exact) mass is 786 g/mol. The minimum Gasteiger partial charge on any atom is -1.00 e. The molecule has 0 spiro atoms. The molecule has 7 rings (SSSR count). The van der Waals surface area contributed by atoms with Crippen molar-refractivity contribution in [2.75, 3.05) is 33.4 Å². The second-order valence-electron chi connectivity index (χ2n) is 14.0. The van der Waals surface area contributed by atoms with E-state index in [9.17, 15) is 4.79 Å². The number of halogens is 2. The summed E-state index contributed by atoms with van der Waals surface area (Å²) in [5.41, 5.74) is 14.3. The lowest BCUT2D eigenvalue weighted by Crippen LogP contribution is -3.00. The third-order valence-corrected chi connectivity index (χ3v) is 10.9. The summed E-state index contributed by atoms with van der Waals surface area (Å²) in [5.74, 6) is 1.61. The number of aryl methyl sites for hydroxylation is 2. The first-order valence-corrected chi connectivity index (χ1v) is 19.4. The number of fused-ring (bicyclic) bond motifs is 4. The summed E-state index contributed by atoms with van der Waals surface area (Å²) in [7, 11) is 1.69. The van der Waals surface area contributed by atoms with E-state index in [4.69, 9.17) is 26.8 Å². The standard InChI is InChI=1S/C47H47ClN4O3.ClH/c1-32-41-30-51(26-23-39(41)33(2)47-44(32)40-29-38(54-3)21-22-42(40)50-47)31-43(53)52(25-12-6-11-24-49)27-28-55-37-19-17-35(18-20-37)45(34-13-7-4-8-14-34)46(48)36-15-9-5-10-16-36;/h4-5,7-10,13-23,26,29-30H,6,11-12,24-25,27-28,31,49H2,1-3H3;1H/b46-45+;. The van der Waals surface area contributed by atoms with Crippen LogP contribution in [0.15, 0.2) is 122 Å². The minimum absolute atomic E-state index is 0. The first kappa shape index (κ1) is 40.3. The van der Waals surface area contributed by atoms with Crippen molar-refractivity contribution in [3.63, 3.8) is 0 Å². The van der Waals surface area contributed by atoms with Crippen LogP contribution in [0.2, 0.25) is 0 Å². The number of H-pyrrole nitrogens is 1. The molecule has 0 aliphatic carbocycles. The van der Waals surface area contributed by atoms with Crippen LogP contribution in [0.1, 0.15) is 47.1 Å². The fourth-order valence-electron chi connectivity index (χ4n) is 7.49. The van der Waals surface area contributed by atoms with Gasteiger partial charge in [-0.15, -0.1) is 0 Å². The average Bonchev–Trinajstić information content (AvgIpc) is 3.61. The molecule has 288 valence electrons. The number of carbonyl (C=O) groups is 1. The van der Waals surface area contributed by atoms with Gasteiger partial charge in [-0.2, -0.15) is 4.57 Å². The minimum atomic E-state index is 0. The second kappa shape index (κ2) is 18.5. The Kier molecular flexibility index (Phi) is 13.3. The van der Waals surface area contributed by atoms with Gasteiger partial charge in [-0.1, -0.05) is 90.8 Å². The van der Waals surface area contributed by atoms with Crippen LogP contribution in [0.4, 0.5) is 0 Å². The molecule has 9 heteroatoms. The highest BCUT2D eigenvalue weighted by atomic mass is 35.5. The van der Waals surface area contributed by atoms with Crippen LogP contribution in [0.5, 0.6) is 11.5 Å². The van der Waals surface area contributed by atoms with Crippen molar-refractivity contribution in [2.24, 2.45) is 5.73 Å². The van der Waals surface area contributed by atoms with E-state index in [0.717, 1.165) is 74.8 Å². The highest BCUT2D eigenvalue weighted by molar-refractivity contribution is 6.53. The molecule has 0 aliphatic heterocycles. The van der Waals surface area contributed by atoms with E-state index >= 15 is 0 Å². The number of unbranched alkanes of at least 4 members (excludes halogenated alkanes) is 2. The van der Waals surface area contributed by atoms with Gasteiger partial charge >= 0.3 is 0 Å². The van der Waals surface area contributed by atoms with E-state index in [0.29, 0.717) is 31.3 Å². The quantitative estimate of drug-likeness (QED) is 0.0699. The Morgan fingerprint density at radius 2 is 1.45 bits per heavy atom. The number of nitrogens with two attached hydrogens (primary N) is 1. The van der Waals surface area contributed by atoms with Crippen LogP contribution in [0, 0.1) is 13.8 Å². The molecule has 7 nitrogen and oxygen atoms in total. The van der Waals surface area contributed by atoms with Crippen molar-refractivity contribution in [2.45, 2.75) is 39.7 Å². The van der Waals surface area contributed by atoms with Crippen LogP contribution < -0.4 is 32.2 Å². The largest absolute Gasteiger partial charge is 1.00 e. The lowest BCUT2D eigenvalue weighted by molar-refractivity contribution is -0.683. The van der Waals surface area contributed by atoms with Crippen molar-refractivity contribution in [3.8, 4) is 11.5 Å². The van der Waals surface area contributed by atoms with Gasteiger partial charge in [0.05, 0.1) is 24.2 Å². The Balaban J connectivity index is 0.00000532. The van der Waals surface area contributed by atoms with Crippen molar-refractivity contribution >= 4 is 60.7 Å². The summed E-state index contributed by atoms with van der Waals surface area (Å²) < 4.78 is 13.8. The fourth-order valence-corrected chi connectivity index (χ4v) is 7.83. The number of nitrogens with zero attached hydrogens (tertiary/aromatic N) is 2. The lowest BCUT2D eigenvalue weighted by atomic mass is 9.95. The summed E-state index contributed by atoms with van der Waals surface area (Å²) in [4.78, 5) is 19.5. The highest BCUT2D eigenvalue weighted by Crippen LogP contribution is 2.38. The third kappa shape index (κ3) is 8.71. The van der Waals surface area contributed by atoms with Gasteiger partial charge < -0.3 is 37.5 Å². The van der Waals surface area contributed by atoms with E-state index < -0.39 is 0 Å². The Hall–Kier alpha value is -5.34. The van der Waals surface area contributed by atoms with Crippen LogP contribution in [-0.4, -0.2) is 49.1 Å². The third-order valence-electron chi connectivity index (χ3n) is 10.5. The number of aromatic nitrogens is 2. The molecule has 0 aliphatic rings. The number of nitrogens with one attached hydrogen (secondary N) is 1. The van der Waals surface area contributed by atoms with Gasteiger partial charge in [-0.25, -0.2) is 0 Å². The number of pyridine rings is 1. The number of methoxy groups -OCH3 is 1. The molecular weight excluding hydrogens is 739 g/mol. The number of hydrogen-bond donors (Lipinski definition) is 2. The van der Waals surface area contributed by atoms with Gasteiger partial charge in [-0.05, 0) is 96.8 Å². The van der Waals surface area contributed by atoms with Crippen LogP contribution in [-0.2, 0) is 11.3 Å². The van der Waals surface area contributed by atoms with E-state index in [1.807, 2.05) is 94.5 Å². The first-order valence-electron chi connectivity index (χ1n) is 19.0. The fraction of sp³-hybridized carbons (Fsp3) is 0.234. The summed E-state index contributed by atoms with van der Waals surface area (Å²) >= 11 is 7.04. The van der Waals surface area contributed by atoms with Gasteiger partial charge in [0.2, 0.25) is 6.54 Å². The number of carbonyl (C=O) groups excluding carboxylic acids is 1. The summed E-state index contributed by atoms with van der Waals surface area (Å²) in [6, 6.07) is 36.5. The topological polar surface area (TPSA) is 84.5 Å². The Bertz CT molecular complexity index is 2460. The molecule has 3 N–H and O–H groups in total. The van der Waals surface area contributed by atoms with E-state index in [-0.39, 0.29) is 24.9 Å². The van der Waals surface area contributed by atoms with Gasteiger partial charge in [0.25, 0.3) is 5.91 Å². The van der Waals surface area contributed by atoms with E-state index in [2.05, 4.69) is 55.4 Å². The Morgan fingerprint density at radius 1 is 0.768 bits per heavy atom. The molecule has 5 aromatic carbocycles. The molecule has 0 radical (unpaired) electrons. The number of rotatable bonds is 15. The molecule has 2 aromatic heterocycles. The second-order valence-corrected chi connectivity index (χ2v) is 14.4. The van der Waals surface area contributed by atoms with Crippen molar-refractivity contribution in [3.05, 3.63) is 149 Å². The number of aromatic amines is 1. The molecule has 0 bridgehead atoms. The normalized spacial score (nSPS) is 11.7. The van der Waals surface area contributed by atoms with Crippen LogP contribution >= 0.6 is 11.6 Å². The molecular formula is C47H48Cl2N4O3. The number of benzene rings is 5. The van der Waals surface area contributed by atoms with Crippen molar-refractivity contribution in [1.29, 1.82) is 0 Å². The van der Waals surface area contributed by atoms with E-state index in [1.54, 1.807) is 7.11 Å². The highest BCUT2D eigenvalue weighted by Gasteiger charge is 2.21. The summed E-state index contributed by atoms with van der Waals surface area (Å²) in [6.07, 6.45) is 6.91. The van der Waals surface area contributed by atoms with Gasteiger partial charge in [-0.3, -0.25) is 4.79 Å². The molecule has 0 unspecified atom stereocenters. The smallest absolute Gasteiger partial charge is 0.288 e. The van der Waals surface area contributed by atoms with E-state index in [1.165, 1.54) is 21.9 Å². The predicted molar refractivity (Wildman–Crippen MR) is 226 cm³/mol. The van der Waals surface area contributed by atoms with Gasteiger partial charge in [0, 0.05) is 39.9 Å². The van der Waals surface area contributed by atoms with Crippen molar-refractivity contribution < 1.29 is 31.2 Å². The molecule has 56 heavy (non-hydrogen) atoms. The molecule has 0 fully saturated rings. The lowest BCUT2D eigenvalue weighted by Gasteiger charge is -2.22. The molecule has 0 saturated carbocycles. The molecule has 0 atom stereocenters. The van der Waals surface area contributed by atoms with Crippen LogP contribution in [0.3, 0.4) is 0 Å². The Labute approximate surface area is 340 Å². The van der Waals surface area contributed by atoms with Crippen molar-refractivity contribution in [1.82, 2.24) is 9.88 Å². The maximum Gasteiger partial charge on any atom is 0.288 e. The van der Waals surface area contributed by atoms with Crippen LogP contribution in [0.25, 0.3) is 43.2 Å². The SMILES string of the molecule is COc1ccc2[nH]c3c(C)c4cc[n+](CC(=O)N(CCCCCN)CCOc5ccc(/C(=C(/Cl)c6ccccc6)c6ccccc6)cc5)cc4c(C)c3c2c1.[Cl-]. The Morgan fingerprint density at radius 3 is 2.14 bits per heavy atom. The maximum atomic E-state index is 13.9. The predicted octanol–water partition coefficient (Wildman–Crippen LogP) is 6.58. The summed E-state index contributed by atoms with van der Waals surface area (Å²) in [5, 5.41) is 5.29. The zero-order valence-corrected chi connectivity index (χ0v) is 33.7. The number of ether oxygens (including phenoxy) is 2.